The van der Waals surface area contributed by atoms with E-state index in [1.165, 1.54) is 5.56 Å². The number of likely N-dealkylation sites (tertiary alicyclic amines) is 1. The first-order chi connectivity index (χ1) is 13.0. The highest BCUT2D eigenvalue weighted by Crippen LogP contribution is 2.52. The molecule has 0 N–H and O–H groups in total. The van der Waals surface area contributed by atoms with Crippen LogP contribution in [0.4, 0.5) is 0 Å². The van der Waals surface area contributed by atoms with Gasteiger partial charge in [-0.2, -0.15) is 0 Å². The maximum absolute atomic E-state index is 12.8. The van der Waals surface area contributed by atoms with Gasteiger partial charge in [0.2, 0.25) is 5.91 Å². The Hall–Kier alpha value is -1.39. The van der Waals surface area contributed by atoms with E-state index in [1.54, 1.807) is 0 Å². The van der Waals surface area contributed by atoms with E-state index in [2.05, 4.69) is 54.2 Å². The number of carbonyl (C=O) groups excluding carboxylic acids is 1. The van der Waals surface area contributed by atoms with Gasteiger partial charge in [0, 0.05) is 38.3 Å². The number of rotatable bonds is 4. The van der Waals surface area contributed by atoms with Crippen LogP contribution in [0.15, 0.2) is 30.3 Å². The quantitative estimate of drug-likeness (QED) is 0.811. The van der Waals surface area contributed by atoms with Gasteiger partial charge in [-0.3, -0.25) is 9.69 Å². The van der Waals surface area contributed by atoms with Gasteiger partial charge in [-0.15, -0.1) is 0 Å². The van der Waals surface area contributed by atoms with Crippen LogP contribution in [-0.4, -0.2) is 56.1 Å². The van der Waals surface area contributed by atoms with Crippen LogP contribution in [0.5, 0.6) is 0 Å². The summed E-state index contributed by atoms with van der Waals surface area (Å²) in [4.78, 5) is 17.4. The smallest absolute Gasteiger partial charge is 0.223 e. The van der Waals surface area contributed by atoms with Crippen LogP contribution in [-0.2, 0) is 15.1 Å². The molecule has 4 rings (SSSR count). The molecule has 4 nitrogen and oxygen atoms in total. The predicted molar refractivity (Wildman–Crippen MR) is 107 cm³/mol. The largest absolute Gasteiger partial charge is 0.381 e. The van der Waals surface area contributed by atoms with Gasteiger partial charge >= 0.3 is 0 Å². The Kier molecular flexibility index (Phi) is 5.30. The Morgan fingerprint density at radius 2 is 1.74 bits per heavy atom. The Balaban J connectivity index is 1.44. The lowest BCUT2D eigenvalue weighted by atomic mass is 9.64. The lowest BCUT2D eigenvalue weighted by Gasteiger charge is -2.49. The standard InChI is InChI=1S/C23H34N2O2/c1-24(2)23(20-6-4-3-5-7-20)12-10-22(11-13-23)16-21(26)25(18-22)17-19-8-14-27-15-9-19/h3-7,19H,8-18H2,1-2H3. The molecule has 1 amide bonds. The number of amides is 1. The van der Waals surface area contributed by atoms with Gasteiger partial charge in [0.1, 0.15) is 0 Å². The van der Waals surface area contributed by atoms with Crippen molar-refractivity contribution in [3.63, 3.8) is 0 Å². The van der Waals surface area contributed by atoms with E-state index in [4.69, 9.17) is 4.74 Å². The molecule has 0 aromatic heterocycles. The minimum absolute atomic E-state index is 0.115. The molecular weight excluding hydrogens is 336 g/mol. The zero-order valence-corrected chi connectivity index (χ0v) is 17.0. The first-order valence-corrected chi connectivity index (χ1v) is 10.6. The van der Waals surface area contributed by atoms with Crippen molar-refractivity contribution >= 4 is 5.91 Å². The maximum atomic E-state index is 12.8. The molecule has 2 saturated heterocycles. The van der Waals surface area contributed by atoms with E-state index >= 15 is 0 Å². The third kappa shape index (κ3) is 3.66. The molecule has 1 aliphatic carbocycles. The van der Waals surface area contributed by atoms with Crippen molar-refractivity contribution in [1.29, 1.82) is 0 Å². The maximum Gasteiger partial charge on any atom is 0.223 e. The second-order valence-electron chi connectivity index (χ2n) is 9.30. The second kappa shape index (κ2) is 7.56. The normalized spacial score (nSPS) is 32.6. The summed E-state index contributed by atoms with van der Waals surface area (Å²) < 4.78 is 5.48. The summed E-state index contributed by atoms with van der Waals surface area (Å²) in [6.45, 7) is 3.64. The van der Waals surface area contributed by atoms with Crippen molar-refractivity contribution in [1.82, 2.24) is 9.80 Å². The van der Waals surface area contributed by atoms with Gasteiger partial charge in [-0.25, -0.2) is 0 Å². The fourth-order valence-corrected chi connectivity index (χ4v) is 5.66. The van der Waals surface area contributed by atoms with Crippen LogP contribution in [0.3, 0.4) is 0 Å². The topological polar surface area (TPSA) is 32.8 Å². The minimum Gasteiger partial charge on any atom is -0.381 e. The SMILES string of the molecule is CN(C)C1(c2ccccc2)CCC2(CC1)CC(=O)N(CC1CCOCC1)C2. The van der Waals surface area contributed by atoms with Gasteiger partial charge < -0.3 is 9.64 Å². The van der Waals surface area contributed by atoms with Crippen LogP contribution in [0.25, 0.3) is 0 Å². The number of hydrogen-bond acceptors (Lipinski definition) is 3. The highest BCUT2D eigenvalue weighted by molar-refractivity contribution is 5.79. The molecule has 1 aromatic rings. The second-order valence-corrected chi connectivity index (χ2v) is 9.30. The zero-order chi connectivity index (χ0) is 18.9. The van der Waals surface area contributed by atoms with Gasteiger partial charge in [0.15, 0.2) is 0 Å². The van der Waals surface area contributed by atoms with E-state index in [0.29, 0.717) is 11.8 Å². The van der Waals surface area contributed by atoms with Gasteiger partial charge in [-0.1, -0.05) is 30.3 Å². The third-order valence-corrected chi connectivity index (χ3v) is 7.53. The van der Waals surface area contributed by atoms with Crippen LogP contribution in [0, 0.1) is 11.3 Å². The molecule has 4 heteroatoms. The molecular formula is C23H34N2O2. The summed E-state index contributed by atoms with van der Waals surface area (Å²) in [5.41, 5.74) is 1.74. The summed E-state index contributed by atoms with van der Waals surface area (Å²) in [5.74, 6) is 1.02. The van der Waals surface area contributed by atoms with Crippen molar-refractivity contribution in [3.05, 3.63) is 35.9 Å². The fourth-order valence-electron chi connectivity index (χ4n) is 5.66. The summed E-state index contributed by atoms with van der Waals surface area (Å²) in [6.07, 6.45) is 7.55. The van der Waals surface area contributed by atoms with Gasteiger partial charge in [0.05, 0.1) is 0 Å². The number of benzene rings is 1. The fraction of sp³-hybridized carbons (Fsp3) is 0.696. The van der Waals surface area contributed by atoms with Crippen molar-refractivity contribution in [3.8, 4) is 0 Å². The zero-order valence-electron chi connectivity index (χ0n) is 17.0. The molecule has 27 heavy (non-hydrogen) atoms. The summed E-state index contributed by atoms with van der Waals surface area (Å²) in [7, 11) is 4.42. The number of carbonyl (C=O) groups is 1. The Labute approximate surface area is 163 Å². The monoisotopic (exact) mass is 370 g/mol. The molecule has 3 fully saturated rings. The molecule has 0 bridgehead atoms. The molecule has 3 aliphatic rings. The average Bonchev–Trinajstić information content (AvgIpc) is 2.99. The Morgan fingerprint density at radius 3 is 2.37 bits per heavy atom. The highest BCUT2D eigenvalue weighted by atomic mass is 16.5. The molecule has 2 heterocycles. The molecule has 0 radical (unpaired) electrons. The van der Waals surface area contributed by atoms with Gasteiger partial charge in [-0.05, 0) is 69.5 Å². The van der Waals surface area contributed by atoms with Crippen LogP contribution < -0.4 is 0 Å². The lowest BCUT2D eigenvalue weighted by Crippen LogP contribution is -2.47. The number of hydrogen-bond donors (Lipinski definition) is 0. The van der Waals surface area contributed by atoms with E-state index < -0.39 is 0 Å². The highest BCUT2D eigenvalue weighted by Gasteiger charge is 2.50. The molecule has 0 unspecified atom stereocenters. The van der Waals surface area contributed by atoms with Crippen molar-refractivity contribution < 1.29 is 9.53 Å². The molecule has 1 aromatic carbocycles. The van der Waals surface area contributed by atoms with Crippen molar-refractivity contribution in [2.24, 2.45) is 11.3 Å². The van der Waals surface area contributed by atoms with Crippen LogP contribution >= 0.6 is 0 Å². The molecule has 2 aliphatic heterocycles. The van der Waals surface area contributed by atoms with E-state index in [-0.39, 0.29) is 11.0 Å². The summed E-state index contributed by atoms with van der Waals surface area (Å²) >= 11 is 0. The lowest BCUT2D eigenvalue weighted by molar-refractivity contribution is -0.128. The number of ether oxygens (including phenoxy) is 1. The van der Waals surface area contributed by atoms with Crippen LogP contribution in [0.2, 0.25) is 0 Å². The van der Waals surface area contributed by atoms with E-state index in [1.807, 2.05) is 0 Å². The van der Waals surface area contributed by atoms with Crippen LogP contribution in [0.1, 0.15) is 50.5 Å². The summed E-state index contributed by atoms with van der Waals surface area (Å²) in [6, 6.07) is 10.9. The van der Waals surface area contributed by atoms with E-state index in [0.717, 1.165) is 71.2 Å². The average molecular weight is 371 g/mol. The molecule has 1 saturated carbocycles. The molecule has 148 valence electrons. The number of nitrogens with zero attached hydrogens (tertiary/aromatic N) is 2. The first kappa shape index (κ1) is 18.9. The first-order valence-electron chi connectivity index (χ1n) is 10.6. The third-order valence-electron chi connectivity index (χ3n) is 7.53. The van der Waals surface area contributed by atoms with Gasteiger partial charge in [0.25, 0.3) is 0 Å². The Bertz CT molecular complexity index is 644. The van der Waals surface area contributed by atoms with E-state index in [9.17, 15) is 4.79 Å². The molecule has 0 atom stereocenters. The minimum atomic E-state index is 0.115. The summed E-state index contributed by atoms with van der Waals surface area (Å²) in [5, 5.41) is 0. The molecule has 1 spiro atoms. The Morgan fingerprint density at radius 1 is 1.07 bits per heavy atom. The predicted octanol–water partition coefficient (Wildman–Crippen LogP) is 3.66. The van der Waals surface area contributed by atoms with Crippen molar-refractivity contribution in [2.75, 3.05) is 40.4 Å². The van der Waals surface area contributed by atoms with Crippen molar-refractivity contribution in [2.45, 2.75) is 50.5 Å².